The van der Waals surface area contributed by atoms with Gasteiger partial charge in [0.1, 0.15) is 0 Å². The Morgan fingerprint density at radius 3 is 1.26 bits per heavy atom. The summed E-state index contributed by atoms with van der Waals surface area (Å²) in [5, 5.41) is 7.50. The molecule has 1 atom stereocenters. The minimum Gasteiger partial charge on any atom is -0.0721 e. The van der Waals surface area contributed by atoms with Gasteiger partial charge in [0.15, 0.2) is 0 Å². The molecule has 174 valence electrons. The number of benzene rings is 4. The molecule has 4 aromatic carbocycles. The Bertz CT molecular complexity index is 1320. The van der Waals surface area contributed by atoms with Gasteiger partial charge in [-0.1, -0.05) is 115 Å². The summed E-state index contributed by atoms with van der Waals surface area (Å²) in [5.41, 5.74) is 5.90. The fraction of sp³-hybridized carbons (Fsp3) is 0.152. The maximum absolute atomic E-state index is 2.48. The van der Waals surface area contributed by atoms with Crippen LogP contribution in [0.15, 0.2) is 121 Å². The fourth-order valence-corrected chi connectivity index (χ4v) is 11.3. The first-order chi connectivity index (χ1) is 17.1. The number of aryl methyl sites for hydroxylation is 4. The van der Waals surface area contributed by atoms with Gasteiger partial charge in [-0.05, 0) is 92.3 Å². The summed E-state index contributed by atoms with van der Waals surface area (Å²) in [6, 6.07) is 36.0. The minimum absolute atomic E-state index is 0.373. The van der Waals surface area contributed by atoms with Crippen molar-refractivity contribution in [3.05, 3.63) is 143 Å². The zero-order valence-electron chi connectivity index (χ0n) is 20.9. The molecule has 0 bridgehead atoms. The lowest BCUT2D eigenvalue weighted by Crippen LogP contribution is -2.27. The van der Waals surface area contributed by atoms with Crippen LogP contribution in [-0.2, 0) is 0 Å². The van der Waals surface area contributed by atoms with E-state index >= 15 is 0 Å². The van der Waals surface area contributed by atoms with Crippen LogP contribution in [0.1, 0.15) is 22.3 Å². The summed E-state index contributed by atoms with van der Waals surface area (Å²) in [6.45, 7) is 9.09. The predicted octanol–water partition coefficient (Wildman–Crippen LogP) is 7.31. The third-order valence-corrected chi connectivity index (χ3v) is 13.0. The van der Waals surface area contributed by atoms with Gasteiger partial charge in [0.25, 0.3) is 0 Å². The highest BCUT2D eigenvalue weighted by molar-refractivity contribution is 7.80. The average Bonchev–Trinajstić information content (AvgIpc) is 3.33. The topological polar surface area (TPSA) is 0 Å². The molecule has 0 saturated carbocycles. The first kappa shape index (κ1) is 23.9. The van der Waals surface area contributed by atoms with E-state index in [0.29, 0.717) is 5.66 Å². The van der Waals surface area contributed by atoms with Crippen molar-refractivity contribution in [2.45, 2.75) is 33.4 Å². The van der Waals surface area contributed by atoms with Crippen LogP contribution >= 0.6 is 15.8 Å². The summed E-state index contributed by atoms with van der Waals surface area (Å²) in [7, 11) is -1.25. The molecule has 2 heteroatoms. The van der Waals surface area contributed by atoms with Crippen LogP contribution in [0.5, 0.6) is 0 Å². The van der Waals surface area contributed by atoms with Crippen LogP contribution in [0, 0.1) is 27.7 Å². The molecular weight excluding hydrogens is 458 g/mol. The standard InChI is InChI=1S/C33H32P2/c1-24-14-5-9-18-28(24)34(29-19-10-6-15-25(29)2)32-22-13-23-33(32)35(30-20-11-7-16-26(30)3)31-21-12-8-17-27(31)4/h5-23,32H,1-4H3. The van der Waals surface area contributed by atoms with Crippen molar-refractivity contribution in [1.29, 1.82) is 0 Å². The summed E-state index contributed by atoms with van der Waals surface area (Å²) >= 11 is 0. The van der Waals surface area contributed by atoms with Crippen LogP contribution in [0.2, 0.25) is 0 Å². The summed E-state index contributed by atoms with van der Waals surface area (Å²) < 4.78 is 0. The number of hydrogen-bond acceptors (Lipinski definition) is 0. The Labute approximate surface area is 213 Å². The van der Waals surface area contributed by atoms with Gasteiger partial charge >= 0.3 is 0 Å². The highest BCUT2D eigenvalue weighted by Crippen LogP contribution is 2.57. The molecule has 0 spiro atoms. The molecule has 1 aliphatic rings. The van der Waals surface area contributed by atoms with Crippen molar-refractivity contribution in [3.8, 4) is 0 Å². The van der Waals surface area contributed by atoms with Gasteiger partial charge in [-0.3, -0.25) is 0 Å². The smallest absolute Gasteiger partial charge is 0.0315 e. The molecule has 0 saturated heterocycles. The van der Waals surface area contributed by atoms with Gasteiger partial charge in [-0.2, -0.15) is 0 Å². The largest absolute Gasteiger partial charge is 0.0721 e. The Morgan fingerprint density at radius 1 is 0.486 bits per heavy atom. The molecule has 0 nitrogen and oxygen atoms in total. The molecule has 0 amide bonds. The van der Waals surface area contributed by atoms with Gasteiger partial charge in [-0.25, -0.2) is 0 Å². The van der Waals surface area contributed by atoms with Crippen molar-refractivity contribution in [1.82, 2.24) is 0 Å². The molecule has 4 aromatic rings. The molecule has 0 aromatic heterocycles. The van der Waals surface area contributed by atoms with E-state index in [2.05, 4.69) is 143 Å². The molecule has 1 unspecified atom stereocenters. The van der Waals surface area contributed by atoms with Gasteiger partial charge in [0, 0.05) is 5.66 Å². The second-order valence-electron chi connectivity index (χ2n) is 9.27. The monoisotopic (exact) mass is 490 g/mol. The highest BCUT2D eigenvalue weighted by atomic mass is 31.1. The Kier molecular flexibility index (Phi) is 7.15. The van der Waals surface area contributed by atoms with Crippen LogP contribution in [0.4, 0.5) is 0 Å². The summed E-state index contributed by atoms with van der Waals surface area (Å²) in [6.07, 6.45) is 7.23. The van der Waals surface area contributed by atoms with Gasteiger partial charge in [0.2, 0.25) is 0 Å². The fourth-order valence-electron chi connectivity index (χ4n) is 5.02. The van der Waals surface area contributed by atoms with Crippen molar-refractivity contribution in [2.75, 3.05) is 0 Å². The van der Waals surface area contributed by atoms with Crippen molar-refractivity contribution >= 4 is 37.1 Å². The third kappa shape index (κ3) is 4.71. The normalized spacial score (nSPS) is 15.1. The minimum atomic E-state index is -0.651. The molecule has 0 radical (unpaired) electrons. The second-order valence-corrected chi connectivity index (χ2v) is 13.7. The Balaban J connectivity index is 1.71. The Hall–Kier alpha value is -2.78. The molecule has 5 rings (SSSR count). The zero-order chi connectivity index (χ0) is 24.4. The number of rotatable bonds is 6. The van der Waals surface area contributed by atoms with E-state index in [1.807, 2.05) is 0 Å². The third-order valence-electron chi connectivity index (χ3n) is 6.86. The second kappa shape index (κ2) is 10.5. The number of allylic oxidation sites excluding steroid dienone is 4. The average molecular weight is 491 g/mol. The molecule has 35 heavy (non-hydrogen) atoms. The maximum atomic E-state index is 2.48. The Morgan fingerprint density at radius 2 is 0.857 bits per heavy atom. The van der Waals surface area contributed by atoms with Gasteiger partial charge in [-0.15, -0.1) is 0 Å². The van der Waals surface area contributed by atoms with Crippen LogP contribution in [0.25, 0.3) is 0 Å². The van der Waals surface area contributed by atoms with Crippen LogP contribution in [-0.4, -0.2) is 5.66 Å². The molecular formula is C33H32P2. The predicted molar refractivity (Wildman–Crippen MR) is 158 cm³/mol. The van der Waals surface area contributed by atoms with Crippen LogP contribution < -0.4 is 21.2 Å². The van der Waals surface area contributed by atoms with E-state index in [1.54, 1.807) is 5.31 Å². The molecule has 0 fully saturated rings. The lowest BCUT2D eigenvalue weighted by Gasteiger charge is -2.34. The van der Waals surface area contributed by atoms with Crippen molar-refractivity contribution < 1.29 is 0 Å². The number of hydrogen-bond donors (Lipinski definition) is 0. The lowest BCUT2D eigenvalue weighted by atomic mass is 10.2. The quantitative estimate of drug-likeness (QED) is 0.249. The van der Waals surface area contributed by atoms with Gasteiger partial charge in [0.05, 0.1) is 0 Å². The van der Waals surface area contributed by atoms with E-state index in [0.717, 1.165) is 0 Å². The first-order valence-corrected chi connectivity index (χ1v) is 15.0. The zero-order valence-corrected chi connectivity index (χ0v) is 22.7. The lowest BCUT2D eigenvalue weighted by molar-refractivity contribution is 1.39. The van der Waals surface area contributed by atoms with Crippen molar-refractivity contribution in [3.63, 3.8) is 0 Å². The van der Waals surface area contributed by atoms with E-state index in [9.17, 15) is 0 Å². The highest BCUT2D eigenvalue weighted by Gasteiger charge is 2.35. The van der Waals surface area contributed by atoms with E-state index in [-0.39, 0.29) is 0 Å². The van der Waals surface area contributed by atoms with Crippen LogP contribution in [0.3, 0.4) is 0 Å². The van der Waals surface area contributed by atoms with Gasteiger partial charge < -0.3 is 0 Å². The van der Waals surface area contributed by atoms with E-state index in [1.165, 1.54) is 43.5 Å². The summed E-state index contributed by atoms with van der Waals surface area (Å²) in [4.78, 5) is 0. The van der Waals surface area contributed by atoms with E-state index in [4.69, 9.17) is 0 Å². The maximum Gasteiger partial charge on any atom is 0.0315 e. The molecule has 0 N–H and O–H groups in total. The molecule has 0 heterocycles. The SMILES string of the molecule is Cc1ccccc1P(C1=CC=CC1P(c1ccccc1C)c1ccccc1C)c1ccccc1C. The molecule has 1 aliphatic carbocycles. The van der Waals surface area contributed by atoms with E-state index < -0.39 is 15.8 Å². The first-order valence-electron chi connectivity index (χ1n) is 12.3. The summed E-state index contributed by atoms with van der Waals surface area (Å²) in [5.74, 6) is 0. The van der Waals surface area contributed by atoms with Crippen molar-refractivity contribution in [2.24, 2.45) is 0 Å². The molecule has 0 aliphatic heterocycles.